The van der Waals surface area contributed by atoms with Crippen molar-refractivity contribution in [3.05, 3.63) is 157 Å². The quantitative estimate of drug-likeness (QED) is 0.220. The highest BCUT2D eigenvalue weighted by atomic mass is 15.0. The summed E-state index contributed by atoms with van der Waals surface area (Å²) in [6, 6.07) is 53.8. The van der Waals surface area contributed by atoms with E-state index < -0.39 is 5.41 Å². The third-order valence-corrected chi connectivity index (χ3v) is 8.61. The van der Waals surface area contributed by atoms with Gasteiger partial charge in [0.25, 0.3) is 0 Å². The maximum Gasteiger partial charge on any atom is 0.193 e. The third-order valence-electron chi connectivity index (χ3n) is 8.61. The van der Waals surface area contributed by atoms with Crippen LogP contribution in [-0.2, 0) is 5.41 Å². The van der Waals surface area contributed by atoms with E-state index in [1.807, 2.05) is 72.8 Å². The molecule has 0 fully saturated rings. The molecule has 8 rings (SSSR count). The highest BCUT2D eigenvalue weighted by Crippen LogP contribution is 2.37. The maximum absolute atomic E-state index is 10.5. The van der Waals surface area contributed by atoms with Crippen molar-refractivity contribution in [3.8, 4) is 23.5 Å². The Labute approximate surface area is 248 Å². The average molecular weight is 549 g/mol. The zero-order valence-electron chi connectivity index (χ0n) is 23.1. The first-order valence-corrected chi connectivity index (χ1v) is 14.2. The van der Waals surface area contributed by atoms with Crippen molar-refractivity contribution >= 4 is 43.6 Å². The molecule has 0 spiro atoms. The summed E-state index contributed by atoms with van der Waals surface area (Å²) in [5.74, 6) is 0. The van der Waals surface area contributed by atoms with Gasteiger partial charge in [0.2, 0.25) is 0 Å². The fourth-order valence-corrected chi connectivity index (χ4v) is 6.57. The Kier molecular flexibility index (Phi) is 5.44. The van der Waals surface area contributed by atoms with Gasteiger partial charge < -0.3 is 9.13 Å². The molecule has 2 heterocycles. The van der Waals surface area contributed by atoms with Crippen LogP contribution in [0.3, 0.4) is 0 Å². The van der Waals surface area contributed by atoms with Crippen molar-refractivity contribution in [2.45, 2.75) is 5.41 Å². The van der Waals surface area contributed by atoms with E-state index in [9.17, 15) is 10.5 Å². The molecular formula is C39H24N4. The van der Waals surface area contributed by atoms with Crippen molar-refractivity contribution in [2.75, 3.05) is 0 Å². The Hall–Kier alpha value is -6.10. The Balaban J connectivity index is 1.22. The van der Waals surface area contributed by atoms with E-state index in [-0.39, 0.29) is 0 Å². The van der Waals surface area contributed by atoms with Crippen molar-refractivity contribution in [2.24, 2.45) is 0 Å². The molecule has 0 unspecified atom stereocenters. The van der Waals surface area contributed by atoms with Gasteiger partial charge in [-0.1, -0.05) is 97.1 Å². The lowest BCUT2D eigenvalue weighted by Gasteiger charge is -2.21. The van der Waals surface area contributed by atoms with Crippen molar-refractivity contribution in [1.29, 1.82) is 10.5 Å². The van der Waals surface area contributed by atoms with Crippen LogP contribution in [0.2, 0.25) is 0 Å². The largest absolute Gasteiger partial charge is 0.309 e. The van der Waals surface area contributed by atoms with E-state index >= 15 is 0 Å². The van der Waals surface area contributed by atoms with Crippen LogP contribution in [0.25, 0.3) is 55.0 Å². The van der Waals surface area contributed by atoms with Gasteiger partial charge in [0.15, 0.2) is 5.41 Å². The van der Waals surface area contributed by atoms with Crippen LogP contribution in [-0.4, -0.2) is 9.13 Å². The number of benzene rings is 6. The van der Waals surface area contributed by atoms with Gasteiger partial charge >= 0.3 is 0 Å². The Morgan fingerprint density at radius 2 is 0.651 bits per heavy atom. The molecule has 0 atom stereocenters. The molecule has 0 aliphatic rings. The van der Waals surface area contributed by atoms with Gasteiger partial charge in [-0.05, 0) is 59.7 Å². The molecule has 2 aromatic heterocycles. The minimum atomic E-state index is -1.45. The van der Waals surface area contributed by atoms with E-state index in [2.05, 4.69) is 94.1 Å². The van der Waals surface area contributed by atoms with Crippen LogP contribution in [0.5, 0.6) is 0 Å². The SMILES string of the molecule is N#CC(C#N)(c1ccc(-n2c3ccccc3c3ccccc32)cc1)c1ccc(-n2c3ccccc3c3ccccc32)cc1. The molecule has 6 aromatic carbocycles. The molecule has 0 saturated carbocycles. The van der Waals surface area contributed by atoms with Gasteiger partial charge in [0, 0.05) is 32.9 Å². The molecule has 0 N–H and O–H groups in total. The normalized spacial score (nSPS) is 11.7. The average Bonchev–Trinajstić information content (AvgIpc) is 3.60. The minimum Gasteiger partial charge on any atom is -0.309 e. The molecular weight excluding hydrogens is 524 g/mol. The monoisotopic (exact) mass is 548 g/mol. The van der Waals surface area contributed by atoms with Crippen molar-refractivity contribution in [1.82, 2.24) is 9.13 Å². The number of nitrogens with zero attached hydrogens (tertiary/aromatic N) is 4. The first-order valence-electron chi connectivity index (χ1n) is 14.2. The van der Waals surface area contributed by atoms with E-state index in [4.69, 9.17) is 0 Å². The molecule has 200 valence electrons. The number of aromatic nitrogens is 2. The first-order chi connectivity index (χ1) is 21.2. The second-order valence-electron chi connectivity index (χ2n) is 10.8. The third kappa shape index (κ3) is 3.54. The van der Waals surface area contributed by atoms with Gasteiger partial charge in [-0.15, -0.1) is 0 Å². The molecule has 0 saturated heterocycles. The summed E-state index contributed by atoms with van der Waals surface area (Å²) in [4.78, 5) is 0. The van der Waals surface area contributed by atoms with Crippen LogP contribution < -0.4 is 0 Å². The van der Waals surface area contributed by atoms with E-state index in [0.29, 0.717) is 11.1 Å². The van der Waals surface area contributed by atoms with Crippen LogP contribution in [0.1, 0.15) is 11.1 Å². The van der Waals surface area contributed by atoms with Gasteiger partial charge in [-0.25, -0.2) is 0 Å². The molecule has 0 radical (unpaired) electrons. The van der Waals surface area contributed by atoms with Crippen LogP contribution in [0.15, 0.2) is 146 Å². The summed E-state index contributed by atoms with van der Waals surface area (Å²) in [6.45, 7) is 0. The van der Waals surface area contributed by atoms with E-state index in [1.54, 1.807) is 0 Å². The Bertz CT molecular complexity index is 2130. The standard InChI is InChI=1S/C39H24N4/c40-25-39(26-41,27-17-21-29(22-18-27)42-35-13-5-1-9-31(35)32-10-2-6-14-36(32)42)28-19-23-30(24-20-28)43-37-15-7-3-11-33(37)34-12-4-8-16-38(34)43/h1-24H. The molecule has 8 aromatic rings. The lowest BCUT2D eigenvalue weighted by molar-refractivity contribution is 0.847. The van der Waals surface area contributed by atoms with Gasteiger partial charge in [-0.3, -0.25) is 0 Å². The van der Waals surface area contributed by atoms with Crippen LogP contribution in [0.4, 0.5) is 0 Å². The fourth-order valence-electron chi connectivity index (χ4n) is 6.57. The van der Waals surface area contributed by atoms with E-state index in [0.717, 1.165) is 33.4 Å². The second-order valence-corrected chi connectivity index (χ2v) is 10.8. The smallest absolute Gasteiger partial charge is 0.193 e. The lowest BCUT2D eigenvalue weighted by Crippen LogP contribution is -2.23. The van der Waals surface area contributed by atoms with Crippen LogP contribution in [0, 0.1) is 22.7 Å². The Morgan fingerprint density at radius 3 is 0.930 bits per heavy atom. The predicted molar refractivity (Wildman–Crippen MR) is 174 cm³/mol. The highest BCUT2D eigenvalue weighted by molar-refractivity contribution is 6.10. The number of hydrogen-bond donors (Lipinski definition) is 0. The number of hydrogen-bond acceptors (Lipinski definition) is 2. The summed E-state index contributed by atoms with van der Waals surface area (Å²) in [5, 5.41) is 25.7. The zero-order chi connectivity index (χ0) is 29.0. The number of rotatable bonds is 4. The van der Waals surface area contributed by atoms with Gasteiger partial charge in [0.1, 0.15) is 0 Å². The predicted octanol–water partition coefficient (Wildman–Crippen LogP) is 9.21. The summed E-state index contributed by atoms with van der Waals surface area (Å²) >= 11 is 0. The second kappa shape index (κ2) is 9.48. The van der Waals surface area contributed by atoms with Crippen LogP contribution >= 0.6 is 0 Å². The Morgan fingerprint density at radius 1 is 0.372 bits per heavy atom. The molecule has 0 amide bonds. The minimum absolute atomic E-state index is 0.645. The lowest BCUT2D eigenvalue weighted by atomic mass is 9.77. The summed E-state index contributed by atoms with van der Waals surface area (Å²) in [7, 11) is 0. The zero-order valence-corrected chi connectivity index (χ0v) is 23.1. The number of fused-ring (bicyclic) bond motifs is 6. The fraction of sp³-hybridized carbons (Fsp3) is 0.0256. The highest BCUT2D eigenvalue weighted by Gasteiger charge is 2.35. The molecule has 0 aliphatic heterocycles. The van der Waals surface area contributed by atoms with Gasteiger partial charge in [-0.2, -0.15) is 10.5 Å². The van der Waals surface area contributed by atoms with Gasteiger partial charge in [0.05, 0.1) is 34.2 Å². The number of para-hydroxylation sites is 4. The summed E-state index contributed by atoms with van der Waals surface area (Å²) < 4.78 is 4.46. The molecule has 4 heteroatoms. The van der Waals surface area contributed by atoms with Crippen molar-refractivity contribution < 1.29 is 0 Å². The van der Waals surface area contributed by atoms with Crippen molar-refractivity contribution in [3.63, 3.8) is 0 Å². The van der Waals surface area contributed by atoms with E-state index in [1.165, 1.54) is 21.5 Å². The molecule has 4 nitrogen and oxygen atoms in total. The topological polar surface area (TPSA) is 57.4 Å². The molecule has 43 heavy (non-hydrogen) atoms. The number of nitriles is 2. The molecule has 0 bridgehead atoms. The first kappa shape index (κ1) is 24.7. The summed E-state index contributed by atoms with van der Waals surface area (Å²) in [5.41, 5.74) is 6.26. The maximum atomic E-state index is 10.5. The molecule has 0 aliphatic carbocycles. The summed E-state index contributed by atoms with van der Waals surface area (Å²) in [6.07, 6.45) is 0.